The third-order valence-corrected chi connectivity index (χ3v) is 2.88. The molecule has 1 fully saturated rings. The van der Waals surface area contributed by atoms with E-state index in [0.29, 0.717) is 25.3 Å². The first-order valence-corrected chi connectivity index (χ1v) is 6.09. The van der Waals surface area contributed by atoms with Crippen molar-refractivity contribution in [3.05, 3.63) is 35.9 Å². The van der Waals surface area contributed by atoms with E-state index in [2.05, 4.69) is 10.6 Å². The van der Waals surface area contributed by atoms with Gasteiger partial charge in [-0.25, -0.2) is 0 Å². The van der Waals surface area contributed by atoms with Crippen LogP contribution in [0.25, 0.3) is 0 Å². The van der Waals surface area contributed by atoms with Gasteiger partial charge >= 0.3 is 0 Å². The highest BCUT2D eigenvalue weighted by Gasteiger charge is 2.19. The molecule has 0 aromatic heterocycles. The molecule has 3 N–H and O–H groups in total. The van der Waals surface area contributed by atoms with Crippen LogP contribution < -0.4 is 10.6 Å². The van der Waals surface area contributed by atoms with Crippen molar-refractivity contribution in [3.63, 3.8) is 0 Å². The van der Waals surface area contributed by atoms with Crippen LogP contribution in [0.3, 0.4) is 0 Å². The summed E-state index contributed by atoms with van der Waals surface area (Å²) in [5.74, 6) is -0.381. The van der Waals surface area contributed by atoms with Crippen LogP contribution in [-0.4, -0.2) is 43.4 Å². The van der Waals surface area contributed by atoms with E-state index in [4.69, 9.17) is 4.74 Å². The van der Waals surface area contributed by atoms with Gasteiger partial charge < -0.3 is 20.5 Å². The van der Waals surface area contributed by atoms with E-state index in [1.54, 1.807) is 24.3 Å². The van der Waals surface area contributed by atoms with Crippen molar-refractivity contribution in [2.75, 3.05) is 26.3 Å². The monoisotopic (exact) mass is 250 g/mol. The van der Waals surface area contributed by atoms with Crippen molar-refractivity contribution in [3.8, 4) is 0 Å². The second kappa shape index (κ2) is 6.49. The average Bonchev–Trinajstić information content (AvgIpc) is 2.46. The Hall–Kier alpha value is -1.43. The van der Waals surface area contributed by atoms with Crippen LogP contribution in [0.2, 0.25) is 0 Å². The number of benzene rings is 1. The van der Waals surface area contributed by atoms with Crippen LogP contribution in [0.15, 0.2) is 30.3 Å². The first-order valence-electron chi connectivity index (χ1n) is 6.09. The molecule has 98 valence electrons. The Morgan fingerprint density at radius 2 is 2.28 bits per heavy atom. The zero-order chi connectivity index (χ0) is 12.8. The smallest absolute Gasteiger partial charge is 0.253 e. The Labute approximate surface area is 106 Å². The molecular weight excluding hydrogens is 232 g/mol. The quantitative estimate of drug-likeness (QED) is 0.693. The molecule has 1 aromatic rings. The van der Waals surface area contributed by atoms with Crippen molar-refractivity contribution in [2.45, 2.75) is 12.1 Å². The summed E-state index contributed by atoms with van der Waals surface area (Å²) >= 11 is 0. The summed E-state index contributed by atoms with van der Waals surface area (Å²) in [6.07, 6.45) is -1.12. The number of carbonyl (C=O) groups is 1. The molecule has 0 radical (unpaired) electrons. The zero-order valence-corrected chi connectivity index (χ0v) is 10.1. The number of hydrogen-bond donors (Lipinski definition) is 3. The predicted molar refractivity (Wildman–Crippen MR) is 67.0 cm³/mol. The van der Waals surface area contributed by atoms with E-state index in [1.807, 2.05) is 6.07 Å². The number of morpholine rings is 1. The molecule has 0 bridgehead atoms. The van der Waals surface area contributed by atoms with Gasteiger partial charge in [-0.2, -0.15) is 0 Å². The van der Waals surface area contributed by atoms with Crippen LogP contribution >= 0.6 is 0 Å². The second-order valence-corrected chi connectivity index (χ2v) is 4.28. The molecular formula is C13H18N2O3. The van der Waals surface area contributed by atoms with Crippen LogP contribution in [-0.2, 0) is 9.53 Å². The molecule has 1 amide bonds. The van der Waals surface area contributed by atoms with Gasteiger partial charge in [0.2, 0.25) is 0 Å². The second-order valence-electron chi connectivity index (χ2n) is 4.28. The standard InChI is InChI=1S/C13H18N2O3/c16-12(10-4-2-1-3-5-10)13(17)15-8-11-9-18-7-6-14-11/h1-5,11-12,14,16H,6-9H2,(H,15,17). The topological polar surface area (TPSA) is 70.6 Å². The lowest BCUT2D eigenvalue weighted by Gasteiger charge is -2.24. The number of rotatable bonds is 4. The third kappa shape index (κ3) is 3.53. The Morgan fingerprint density at radius 3 is 2.94 bits per heavy atom. The van der Waals surface area contributed by atoms with Gasteiger partial charge in [-0.3, -0.25) is 4.79 Å². The molecule has 2 rings (SSSR count). The van der Waals surface area contributed by atoms with Gasteiger partial charge in [0.1, 0.15) is 0 Å². The molecule has 1 saturated heterocycles. The van der Waals surface area contributed by atoms with Gasteiger partial charge in [0, 0.05) is 19.1 Å². The van der Waals surface area contributed by atoms with E-state index in [-0.39, 0.29) is 11.9 Å². The molecule has 1 aliphatic heterocycles. The molecule has 0 saturated carbocycles. The number of aliphatic hydroxyl groups excluding tert-OH is 1. The largest absolute Gasteiger partial charge is 0.378 e. The first kappa shape index (κ1) is 13.0. The van der Waals surface area contributed by atoms with Gasteiger partial charge in [0.25, 0.3) is 5.91 Å². The maximum absolute atomic E-state index is 11.8. The lowest BCUT2D eigenvalue weighted by Crippen LogP contribution is -2.49. The van der Waals surface area contributed by atoms with Crippen LogP contribution in [0, 0.1) is 0 Å². The summed E-state index contributed by atoms with van der Waals surface area (Å²) in [6, 6.07) is 9.01. The highest BCUT2D eigenvalue weighted by molar-refractivity contribution is 5.81. The number of carbonyl (C=O) groups excluding carboxylic acids is 1. The average molecular weight is 250 g/mol. The number of aliphatic hydroxyl groups is 1. The molecule has 1 aromatic carbocycles. The predicted octanol–water partition coefficient (Wildman–Crippen LogP) is -0.175. The summed E-state index contributed by atoms with van der Waals surface area (Å²) in [5, 5.41) is 15.8. The lowest BCUT2D eigenvalue weighted by molar-refractivity contribution is -0.129. The van der Waals surface area contributed by atoms with E-state index >= 15 is 0 Å². The molecule has 1 aliphatic rings. The fourth-order valence-electron chi connectivity index (χ4n) is 1.86. The highest BCUT2D eigenvalue weighted by Crippen LogP contribution is 2.11. The SMILES string of the molecule is O=C(NCC1COCCN1)C(O)c1ccccc1. The summed E-state index contributed by atoms with van der Waals surface area (Å²) in [6.45, 7) is 2.54. The van der Waals surface area contributed by atoms with Gasteiger partial charge in [-0.05, 0) is 5.56 Å². The van der Waals surface area contributed by atoms with Crippen molar-refractivity contribution < 1.29 is 14.6 Å². The molecule has 0 aliphatic carbocycles. The summed E-state index contributed by atoms with van der Waals surface area (Å²) in [7, 11) is 0. The van der Waals surface area contributed by atoms with E-state index in [0.717, 1.165) is 6.54 Å². The Kier molecular flexibility index (Phi) is 4.69. The minimum Gasteiger partial charge on any atom is -0.378 e. The Morgan fingerprint density at radius 1 is 1.50 bits per heavy atom. The molecule has 5 heteroatoms. The minimum atomic E-state index is -1.12. The fraction of sp³-hybridized carbons (Fsp3) is 0.462. The van der Waals surface area contributed by atoms with E-state index < -0.39 is 6.10 Å². The van der Waals surface area contributed by atoms with Gasteiger partial charge in [-0.15, -0.1) is 0 Å². The highest BCUT2D eigenvalue weighted by atomic mass is 16.5. The summed E-state index contributed by atoms with van der Waals surface area (Å²) in [4.78, 5) is 11.8. The molecule has 2 atom stereocenters. The van der Waals surface area contributed by atoms with Crippen LogP contribution in [0.1, 0.15) is 11.7 Å². The number of ether oxygens (including phenoxy) is 1. The van der Waals surface area contributed by atoms with Crippen LogP contribution in [0.4, 0.5) is 0 Å². The summed E-state index contributed by atoms with van der Waals surface area (Å²) < 4.78 is 5.28. The number of hydrogen-bond acceptors (Lipinski definition) is 4. The van der Waals surface area contributed by atoms with Crippen molar-refractivity contribution in [2.24, 2.45) is 0 Å². The van der Waals surface area contributed by atoms with Crippen molar-refractivity contribution in [1.82, 2.24) is 10.6 Å². The van der Waals surface area contributed by atoms with Gasteiger partial charge in [0.05, 0.1) is 13.2 Å². The molecule has 1 heterocycles. The molecule has 0 spiro atoms. The van der Waals surface area contributed by atoms with Crippen molar-refractivity contribution in [1.29, 1.82) is 0 Å². The van der Waals surface area contributed by atoms with Crippen LogP contribution in [0.5, 0.6) is 0 Å². The first-order chi connectivity index (χ1) is 8.77. The fourth-order valence-corrected chi connectivity index (χ4v) is 1.86. The number of amides is 1. The maximum Gasteiger partial charge on any atom is 0.253 e. The van der Waals surface area contributed by atoms with Gasteiger partial charge in [0.15, 0.2) is 6.10 Å². The molecule has 18 heavy (non-hydrogen) atoms. The van der Waals surface area contributed by atoms with E-state index in [1.165, 1.54) is 0 Å². The Balaban J connectivity index is 1.80. The maximum atomic E-state index is 11.8. The zero-order valence-electron chi connectivity index (χ0n) is 10.1. The van der Waals surface area contributed by atoms with Gasteiger partial charge in [-0.1, -0.05) is 30.3 Å². The third-order valence-electron chi connectivity index (χ3n) is 2.88. The van der Waals surface area contributed by atoms with E-state index in [9.17, 15) is 9.90 Å². The van der Waals surface area contributed by atoms with Crippen molar-refractivity contribution >= 4 is 5.91 Å². The Bertz CT molecular complexity index is 377. The normalized spacial score (nSPS) is 21.3. The lowest BCUT2D eigenvalue weighted by atomic mass is 10.1. The molecule has 5 nitrogen and oxygen atoms in total. The number of nitrogens with one attached hydrogen (secondary N) is 2. The minimum absolute atomic E-state index is 0.116. The summed E-state index contributed by atoms with van der Waals surface area (Å²) in [5.41, 5.74) is 0.600. The molecule has 2 unspecified atom stereocenters.